The summed E-state index contributed by atoms with van der Waals surface area (Å²) in [6.07, 6.45) is 1.79. The van der Waals surface area contributed by atoms with Crippen molar-refractivity contribution in [1.29, 1.82) is 0 Å². The SMILES string of the molecule is Cc1cccnc1CN1CC(C)C(C(=O)O)C1. The van der Waals surface area contributed by atoms with Crippen LogP contribution in [0.4, 0.5) is 0 Å². The van der Waals surface area contributed by atoms with Crippen molar-refractivity contribution in [3.63, 3.8) is 0 Å². The summed E-state index contributed by atoms with van der Waals surface area (Å²) in [7, 11) is 0. The first-order chi connectivity index (χ1) is 8.08. The third-order valence-corrected chi connectivity index (χ3v) is 3.50. The summed E-state index contributed by atoms with van der Waals surface area (Å²) >= 11 is 0. The maximum atomic E-state index is 11.0. The minimum Gasteiger partial charge on any atom is -0.481 e. The Morgan fingerprint density at radius 2 is 2.35 bits per heavy atom. The summed E-state index contributed by atoms with van der Waals surface area (Å²) in [4.78, 5) is 17.6. The molecule has 0 saturated carbocycles. The van der Waals surface area contributed by atoms with Crippen molar-refractivity contribution >= 4 is 5.97 Å². The Balaban J connectivity index is 2.03. The zero-order valence-electron chi connectivity index (χ0n) is 10.3. The molecule has 1 saturated heterocycles. The van der Waals surface area contributed by atoms with Crippen LogP contribution < -0.4 is 0 Å². The molecule has 4 heteroatoms. The van der Waals surface area contributed by atoms with Crippen LogP contribution in [0.15, 0.2) is 18.3 Å². The molecule has 2 atom stereocenters. The van der Waals surface area contributed by atoms with Crippen LogP contribution in [0.5, 0.6) is 0 Å². The van der Waals surface area contributed by atoms with Crippen LogP contribution in [-0.4, -0.2) is 34.0 Å². The van der Waals surface area contributed by atoms with Gasteiger partial charge in [-0.25, -0.2) is 0 Å². The number of pyridine rings is 1. The molecule has 1 aromatic rings. The fourth-order valence-corrected chi connectivity index (χ4v) is 2.41. The van der Waals surface area contributed by atoms with E-state index in [1.54, 1.807) is 6.20 Å². The van der Waals surface area contributed by atoms with E-state index in [1.807, 2.05) is 26.0 Å². The predicted molar refractivity (Wildman–Crippen MR) is 64.5 cm³/mol. The minimum atomic E-state index is -0.683. The molecular formula is C13H18N2O2. The second-order valence-corrected chi connectivity index (χ2v) is 4.88. The second kappa shape index (κ2) is 4.84. The molecule has 0 spiro atoms. The van der Waals surface area contributed by atoms with E-state index >= 15 is 0 Å². The normalized spacial score (nSPS) is 25.1. The van der Waals surface area contributed by atoms with Crippen LogP contribution in [-0.2, 0) is 11.3 Å². The van der Waals surface area contributed by atoms with Gasteiger partial charge >= 0.3 is 5.97 Å². The number of aromatic nitrogens is 1. The zero-order valence-corrected chi connectivity index (χ0v) is 10.3. The molecule has 1 fully saturated rings. The fourth-order valence-electron chi connectivity index (χ4n) is 2.41. The molecule has 0 aliphatic carbocycles. The number of aryl methyl sites for hydroxylation is 1. The van der Waals surface area contributed by atoms with Gasteiger partial charge in [-0.1, -0.05) is 13.0 Å². The van der Waals surface area contributed by atoms with Gasteiger partial charge in [0.05, 0.1) is 11.6 Å². The van der Waals surface area contributed by atoms with Gasteiger partial charge in [-0.2, -0.15) is 0 Å². The molecule has 17 heavy (non-hydrogen) atoms. The average molecular weight is 234 g/mol. The van der Waals surface area contributed by atoms with E-state index in [0.717, 1.165) is 18.8 Å². The van der Waals surface area contributed by atoms with E-state index in [2.05, 4.69) is 9.88 Å². The van der Waals surface area contributed by atoms with Crippen LogP contribution >= 0.6 is 0 Å². The van der Waals surface area contributed by atoms with E-state index in [-0.39, 0.29) is 11.8 Å². The molecule has 1 N–H and O–H groups in total. The third-order valence-electron chi connectivity index (χ3n) is 3.50. The first-order valence-corrected chi connectivity index (χ1v) is 5.93. The highest BCUT2D eigenvalue weighted by molar-refractivity contribution is 5.71. The van der Waals surface area contributed by atoms with E-state index in [0.29, 0.717) is 6.54 Å². The molecule has 2 heterocycles. The molecule has 1 aromatic heterocycles. The number of hydrogen-bond acceptors (Lipinski definition) is 3. The highest BCUT2D eigenvalue weighted by atomic mass is 16.4. The molecular weight excluding hydrogens is 216 g/mol. The van der Waals surface area contributed by atoms with Crippen molar-refractivity contribution in [1.82, 2.24) is 9.88 Å². The summed E-state index contributed by atoms with van der Waals surface area (Å²) in [6, 6.07) is 3.96. The van der Waals surface area contributed by atoms with E-state index < -0.39 is 5.97 Å². The predicted octanol–water partition coefficient (Wildman–Crippen LogP) is 1.54. The second-order valence-electron chi connectivity index (χ2n) is 4.88. The Hall–Kier alpha value is -1.42. The van der Waals surface area contributed by atoms with Crippen molar-refractivity contribution in [3.8, 4) is 0 Å². The van der Waals surface area contributed by atoms with Crippen LogP contribution in [0.2, 0.25) is 0 Å². The first kappa shape index (κ1) is 12.0. The van der Waals surface area contributed by atoms with Crippen LogP contribution in [0.25, 0.3) is 0 Å². The van der Waals surface area contributed by atoms with Gasteiger partial charge in [0.25, 0.3) is 0 Å². The Labute approximate surface area is 101 Å². The van der Waals surface area contributed by atoms with Crippen molar-refractivity contribution in [2.24, 2.45) is 11.8 Å². The summed E-state index contributed by atoms with van der Waals surface area (Å²) in [6.45, 7) is 6.26. The maximum Gasteiger partial charge on any atom is 0.308 e. The number of aliphatic carboxylic acids is 1. The van der Waals surface area contributed by atoms with Gasteiger partial charge in [0.2, 0.25) is 0 Å². The molecule has 2 unspecified atom stereocenters. The molecule has 1 aliphatic rings. The average Bonchev–Trinajstić information content (AvgIpc) is 2.63. The van der Waals surface area contributed by atoms with E-state index in [4.69, 9.17) is 5.11 Å². The van der Waals surface area contributed by atoms with Gasteiger partial charge in [-0.15, -0.1) is 0 Å². The van der Waals surface area contributed by atoms with Gasteiger partial charge < -0.3 is 5.11 Å². The maximum absolute atomic E-state index is 11.0. The minimum absolute atomic E-state index is 0.219. The van der Waals surface area contributed by atoms with Gasteiger partial charge in [0, 0.05) is 25.8 Å². The third kappa shape index (κ3) is 2.64. The Kier molecular flexibility index (Phi) is 3.43. The fraction of sp³-hybridized carbons (Fsp3) is 0.538. The molecule has 0 aromatic carbocycles. The zero-order chi connectivity index (χ0) is 12.4. The lowest BCUT2D eigenvalue weighted by atomic mass is 9.99. The standard InChI is InChI=1S/C13H18N2O2/c1-9-4-3-5-14-12(9)8-15-6-10(2)11(7-15)13(16)17/h3-5,10-11H,6-8H2,1-2H3,(H,16,17). The lowest BCUT2D eigenvalue weighted by molar-refractivity contribution is -0.142. The molecule has 92 valence electrons. The smallest absolute Gasteiger partial charge is 0.308 e. The van der Waals surface area contributed by atoms with Gasteiger partial charge in [0.15, 0.2) is 0 Å². The number of hydrogen-bond donors (Lipinski definition) is 1. The largest absolute Gasteiger partial charge is 0.481 e. The van der Waals surface area contributed by atoms with E-state index in [9.17, 15) is 4.79 Å². The Morgan fingerprint density at radius 1 is 1.59 bits per heavy atom. The number of carboxylic acid groups (broad SMARTS) is 1. The molecule has 4 nitrogen and oxygen atoms in total. The molecule has 2 rings (SSSR count). The van der Waals surface area contributed by atoms with Gasteiger partial charge in [-0.3, -0.25) is 14.7 Å². The monoisotopic (exact) mass is 234 g/mol. The number of carboxylic acids is 1. The van der Waals surface area contributed by atoms with Crippen molar-refractivity contribution < 1.29 is 9.90 Å². The van der Waals surface area contributed by atoms with Crippen molar-refractivity contribution in [2.75, 3.05) is 13.1 Å². The highest BCUT2D eigenvalue weighted by Gasteiger charge is 2.34. The number of nitrogens with zero attached hydrogens (tertiary/aromatic N) is 2. The number of likely N-dealkylation sites (tertiary alicyclic amines) is 1. The van der Waals surface area contributed by atoms with Crippen LogP contribution in [0, 0.1) is 18.8 Å². The summed E-state index contributed by atoms with van der Waals surface area (Å²) < 4.78 is 0. The molecule has 0 bridgehead atoms. The van der Waals surface area contributed by atoms with Gasteiger partial charge in [-0.05, 0) is 24.5 Å². The van der Waals surface area contributed by atoms with Crippen molar-refractivity contribution in [3.05, 3.63) is 29.6 Å². The van der Waals surface area contributed by atoms with Crippen LogP contribution in [0.1, 0.15) is 18.2 Å². The Morgan fingerprint density at radius 3 is 2.94 bits per heavy atom. The molecule has 0 radical (unpaired) electrons. The highest BCUT2D eigenvalue weighted by Crippen LogP contribution is 2.24. The summed E-state index contributed by atoms with van der Waals surface area (Å²) in [5, 5.41) is 9.08. The summed E-state index contributed by atoms with van der Waals surface area (Å²) in [5.41, 5.74) is 2.21. The quantitative estimate of drug-likeness (QED) is 0.862. The number of carbonyl (C=O) groups is 1. The number of rotatable bonds is 3. The molecule has 0 amide bonds. The molecule has 1 aliphatic heterocycles. The van der Waals surface area contributed by atoms with Crippen molar-refractivity contribution in [2.45, 2.75) is 20.4 Å². The first-order valence-electron chi connectivity index (χ1n) is 5.93. The summed E-state index contributed by atoms with van der Waals surface area (Å²) in [5.74, 6) is -0.701. The van der Waals surface area contributed by atoms with E-state index in [1.165, 1.54) is 5.56 Å². The lowest BCUT2D eigenvalue weighted by Crippen LogP contribution is -2.23. The van der Waals surface area contributed by atoms with Gasteiger partial charge in [0.1, 0.15) is 0 Å². The van der Waals surface area contributed by atoms with Crippen LogP contribution in [0.3, 0.4) is 0 Å². The Bertz CT molecular complexity index is 420. The lowest BCUT2D eigenvalue weighted by Gasteiger charge is -2.15. The topological polar surface area (TPSA) is 53.4 Å².